The van der Waals surface area contributed by atoms with Crippen molar-refractivity contribution < 1.29 is 14.3 Å². The van der Waals surface area contributed by atoms with Gasteiger partial charge in [0.15, 0.2) is 5.69 Å². The van der Waals surface area contributed by atoms with E-state index in [9.17, 15) is 9.59 Å². The molecule has 2 N–H and O–H groups in total. The Bertz CT molecular complexity index is 837. The van der Waals surface area contributed by atoms with Crippen LogP contribution in [0.2, 0.25) is 0 Å². The molecule has 0 unspecified atom stereocenters. The van der Waals surface area contributed by atoms with E-state index in [1.807, 2.05) is 6.07 Å². The Balaban J connectivity index is 0.00000140. The lowest BCUT2D eigenvalue weighted by Crippen LogP contribution is -2.43. The van der Waals surface area contributed by atoms with Gasteiger partial charge in [-0.05, 0) is 25.0 Å². The number of amides is 1. The number of ether oxygens (including phenoxy) is 1. The molecule has 1 aliphatic heterocycles. The standard InChI is InChI=1S/C19H22N4O3.2ClH/c1-23(17(24)16-14-11-20-10-7-15(14)21-22-16)19(8-9-19)12-26-18(25)13-5-3-2-4-6-13;;/h2-6,20H,7-12H2,1H3,(H,21,22);2*1H. The Kier molecular flexibility index (Phi) is 7.09. The minimum Gasteiger partial charge on any atom is -0.460 e. The molecule has 0 spiro atoms. The largest absolute Gasteiger partial charge is 0.460 e. The number of carbonyl (C=O) groups is 2. The van der Waals surface area contributed by atoms with Gasteiger partial charge in [0.1, 0.15) is 6.61 Å². The number of carbonyl (C=O) groups excluding carboxylic acids is 2. The molecule has 1 fully saturated rings. The van der Waals surface area contributed by atoms with Crippen LogP contribution >= 0.6 is 24.8 Å². The summed E-state index contributed by atoms with van der Waals surface area (Å²) in [6.07, 6.45) is 2.49. The molecule has 0 bridgehead atoms. The second-order valence-corrected chi connectivity index (χ2v) is 6.99. The van der Waals surface area contributed by atoms with Crippen molar-refractivity contribution in [2.24, 2.45) is 0 Å². The highest BCUT2D eigenvalue weighted by Gasteiger charge is 2.50. The molecule has 7 nitrogen and oxygen atoms in total. The second kappa shape index (κ2) is 8.94. The van der Waals surface area contributed by atoms with E-state index >= 15 is 0 Å². The number of aromatic amines is 1. The van der Waals surface area contributed by atoms with Crippen molar-refractivity contribution in [1.82, 2.24) is 20.4 Å². The van der Waals surface area contributed by atoms with Gasteiger partial charge in [-0.25, -0.2) is 4.79 Å². The molecule has 2 aromatic rings. The number of halogens is 2. The van der Waals surface area contributed by atoms with E-state index in [4.69, 9.17) is 4.74 Å². The summed E-state index contributed by atoms with van der Waals surface area (Å²) in [5.41, 5.74) is 2.54. The van der Waals surface area contributed by atoms with Gasteiger partial charge in [-0.1, -0.05) is 18.2 Å². The predicted molar refractivity (Wildman–Crippen MR) is 109 cm³/mol. The molecule has 2 heterocycles. The zero-order chi connectivity index (χ0) is 18.1. The first-order valence-electron chi connectivity index (χ1n) is 8.88. The quantitative estimate of drug-likeness (QED) is 0.716. The molecule has 1 aromatic heterocycles. The number of hydrogen-bond donors (Lipinski definition) is 2. The molecule has 2 aliphatic rings. The third-order valence-electron chi connectivity index (χ3n) is 5.33. The topological polar surface area (TPSA) is 87.3 Å². The van der Waals surface area contributed by atoms with Crippen LogP contribution in [0.5, 0.6) is 0 Å². The Labute approximate surface area is 176 Å². The van der Waals surface area contributed by atoms with Crippen LogP contribution < -0.4 is 5.32 Å². The zero-order valence-electron chi connectivity index (χ0n) is 15.6. The minimum atomic E-state index is -0.421. The fourth-order valence-electron chi connectivity index (χ4n) is 3.35. The van der Waals surface area contributed by atoms with E-state index in [0.717, 1.165) is 37.1 Å². The molecule has 9 heteroatoms. The van der Waals surface area contributed by atoms with Crippen molar-refractivity contribution in [2.75, 3.05) is 20.2 Å². The first kappa shape index (κ1) is 22.2. The Morgan fingerprint density at radius 1 is 1.21 bits per heavy atom. The Hall–Kier alpha value is -2.09. The number of H-pyrrole nitrogens is 1. The summed E-state index contributed by atoms with van der Waals surface area (Å²) < 4.78 is 5.48. The highest BCUT2D eigenvalue weighted by atomic mass is 35.5. The van der Waals surface area contributed by atoms with Gasteiger partial charge in [-0.3, -0.25) is 9.89 Å². The predicted octanol–water partition coefficient (Wildman–Crippen LogP) is 2.36. The smallest absolute Gasteiger partial charge is 0.338 e. The monoisotopic (exact) mass is 426 g/mol. The molecular weight excluding hydrogens is 403 g/mol. The average molecular weight is 427 g/mol. The number of likely N-dealkylation sites (N-methyl/N-ethyl adjacent to an activating group) is 1. The molecule has 0 saturated heterocycles. The van der Waals surface area contributed by atoms with E-state index in [-0.39, 0.29) is 43.3 Å². The van der Waals surface area contributed by atoms with Crippen LogP contribution in [0.1, 0.15) is 44.9 Å². The molecule has 1 amide bonds. The maximum absolute atomic E-state index is 13.0. The SMILES string of the molecule is CN(C(=O)c1n[nH]c2c1CNCC2)C1(COC(=O)c2ccccc2)CC1.Cl.Cl. The van der Waals surface area contributed by atoms with Crippen molar-refractivity contribution in [2.45, 2.75) is 31.3 Å². The lowest BCUT2D eigenvalue weighted by molar-refractivity contribution is 0.0308. The third-order valence-corrected chi connectivity index (χ3v) is 5.33. The van der Waals surface area contributed by atoms with Crippen LogP contribution in [-0.4, -0.2) is 52.7 Å². The minimum absolute atomic E-state index is 0. The fourth-order valence-corrected chi connectivity index (χ4v) is 3.35. The van der Waals surface area contributed by atoms with Gasteiger partial charge >= 0.3 is 5.97 Å². The van der Waals surface area contributed by atoms with E-state index in [0.29, 0.717) is 17.8 Å². The molecule has 1 saturated carbocycles. The second-order valence-electron chi connectivity index (χ2n) is 6.99. The number of fused-ring (bicyclic) bond motifs is 1. The van der Waals surface area contributed by atoms with Crippen LogP contribution in [0, 0.1) is 0 Å². The van der Waals surface area contributed by atoms with Crippen LogP contribution in [0.15, 0.2) is 30.3 Å². The highest BCUT2D eigenvalue weighted by Crippen LogP contribution is 2.42. The molecule has 0 atom stereocenters. The number of hydrogen-bond acceptors (Lipinski definition) is 5. The van der Waals surface area contributed by atoms with Gasteiger partial charge in [0.2, 0.25) is 0 Å². The van der Waals surface area contributed by atoms with E-state index in [2.05, 4.69) is 15.5 Å². The Morgan fingerprint density at radius 2 is 1.93 bits per heavy atom. The number of esters is 1. The van der Waals surface area contributed by atoms with Crippen molar-refractivity contribution in [1.29, 1.82) is 0 Å². The first-order valence-corrected chi connectivity index (χ1v) is 8.88. The summed E-state index contributed by atoms with van der Waals surface area (Å²) >= 11 is 0. The number of nitrogens with zero attached hydrogens (tertiary/aromatic N) is 2. The number of nitrogens with one attached hydrogen (secondary N) is 2. The van der Waals surface area contributed by atoms with Crippen molar-refractivity contribution in [3.63, 3.8) is 0 Å². The van der Waals surface area contributed by atoms with Crippen molar-refractivity contribution >= 4 is 36.7 Å². The van der Waals surface area contributed by atoms with Gasteiger partial charge in [-0.2, -0.15) is 5.10 Å². The zero-order valence-corrected chi connectivity index (χ0v) is 17.2. The fraction of sp³-hybridized carbons (Fsp3) is 0.421. The molecular formula is C19H24Cl2N4O3. The summed E-state index contributed by atoms with van der Waals surface area (Å²) in [6, 6.07) is 8.90. The third kappa shape index (κ3) is 4.16. The van der Waals surface area contributed by atoms with Gasteiger partial charge in [0.25, 0.3) is 5.91 Å². The summed E-state index contributed by atoms with van der Waals surface area (Å²) in [7, 11) is 1.77. The van der Waals surface area contributed by atoms with Crippen molar-refractivity contribution in [3.8, 4) is 0 Å². The Morgan fingerprint density at radius 3 is 2.61 bits per heavy atom. The molecule has 0 radical (unpaired) electrons. The highest BCUT2D eigenvalue weighted by molar-refractivity contribution is 5.95. The van der Waals surface area contributed by atoms with Crippen LogP contribution in [0.25, 0.3) is 0 Å². The lowest BCUT2D eigenvalue weighted by Gasteiger charge is -2.27. The number of aromatic nitrogens is 2. The molecule has 4 rings (SSSR count). The van der Waals surface area contributed by atoms with Gasteiger partial charge < -0.3 is 15.0 Å². The van der Waals surface area contributed by atoms with Crippen LogP contribution in [0.4, 0.5) is 0 Å². The normalized spacial score (nSPS) is 16.0. The summed E-state index contributed by atoms with van der Waals surface area (Å²) in [6.45, 7) is 1.74. The number of benzene rings is 1. The van der Waals surface area contributed by atoms with E-state index in [1.165, 1.54) is 0 Å². The molecule has 1 aromatic carbocycles. The average Bonchev–Trinajstić information content (AvgIpc) is 3.36. The summed E-state index contributed by atoms with van der Waals surface area (Å²) in [5, 5.41) is 10.5. The maximum Gasteiger partial charge on any atom is 0.338 e. The number of rotatable bonds is 5. The summed E-state index contributed by atoms with van der Waals surface area (Å²) in [5.74, 6) is -0.487. The van der Waals surface area contributed by atoms with Gasteiger partial charge in [-0.15, -0.1) is 24.8 Å². The van der Waals surface area contributed by atoms with Gasteiger partial charge in [0, 0.05) is 37.8 Å². The van der Waals surface area contributed by atoms with E-state index < -0.39 is 5.54 Å². The molecule has 1 aliphatic carbocycles. The van der Waals surface area contributed by atoms with Crippen molar-refractivity contribution in [3.05, 3.63) is 52.8 Å². The van der Waals surface area contributed by atoms with Crippen LogP contribution in [-0.2, 0) is 17.7 Å². The van der Waals surface area contributed by atoms with E-state index in [1.54, 1.807) is 36.2 Å². The maximum atomic E-state index is 13.0. The summed E-state index contributed by atoms with van der Waals surface area (Å²) in [4.78, 5) is 26.8. The van der Waals surface area contributed by atoms with Crippen LogP contribution in [0.3, 0.4) is 0 Å². The van der Waals surface area contributed by atoms with Gasteiger partial charge in [0.05, 0.1) is 11.1 Å². The lowest BCUT2D eigenvalue weighted by atomic mass is 10.1. The molecule has 28 heavy (non-hydrogen) atoms. The first-order chi connectivity index (χ1) is 12.6. The molecule has 152 valence electrons.